The fourth-order valence-corrected chi connectivity index (χ4v) is 1.65. The summed E-state index contributed by atoms with van der Waals surface area (Å²) < 4.78 is 0. The van der Waals surface area contributed by atoms with Gasteiger partial charge in [0.25, 0.3) is 0 Å². The Morgan fingerprint density at radius 3 is 2.83 bits per heavy atom. The largest absolute Gasteiger partial charge is 0.302 e. The quantitative estimate of drug-likeness (QED) is 0.350. The minimum Gasteiger partial charge on any atom is -0.302 e. The molecule has 0 N–H and O–H groups in total. The van der Waals surface area contributed by atoms with Crippen molar-refractivity contribution < 1.29 is 9.59 Å². The van der Waals surface area contributed by atoms with Crippen molar-refractivity contribution in [1.29, 1.82) is 0 Å². The van der Waals surface area contributed by atoms with Crippen LogP contribution in [-0.4, -0.2) is 12.1 Å². The normalized spacial score (nSPS) is 29.4. The molecule has 0 aromatic carbocycles. The van der Waals surface area contributed by atoms with Crippen molar-refractivity contribution in [3.8, 4) is 12.3 Å². The second kappa shape index (κ2) is 3.53. The van der Waals surface area contributed by atoms with E-state index in [2.05, 4.69) is 5.92 Å². The molecule has 0 aliphatic heterocycles. The number of hydrogen-bond donors (Lipinski definition) is 0. The van der Waals surface area contributed by atoms with Crippen LogP contribution in [0.3, 0.4) is 0 Å². The van der Waals surface area contributed by atoms with Gasteiger partial charge in [0.1, 0.15) is 12.1 Å². The average molecular weight is 164 g/mol. The third kappa shape index (κ3) is 1.40. The lowest BCUT2D eigenvalue weighted by Gasteiger charge is -2.28. The highest BCUT2D eigenvalue weighted by molar-refractivity contribution is 5.98. The summed E-state index contributed by atoms with van der Waals surface area (Å²) in [5, 5.41) is 0. The molecule has 0 amide bonds. The van der Waals surface area contributed by atoms with E-state index in [9.17, 15) is 9.59 Å². The van der Waals surface area contributed by atoms with Crippen molar-refractivity contribution in [3.05, 3.63) is 0 Å². The predicted molar refractivity (Wildman–Crippen MR) is 45.4 cm³/mol. The molecule has 12 heavy (non-hydrogen) atoms. The molecule has 0 aromatic rings. The van der Waals surface area contributed by atoms with Crippen molar-refractivity contribution in [2.45, 2.75) is 32.1 Å². The van der Waals surface area contributed by atoms with Gasteiger partial charge in [-0.15, -0.1) is 12.3 Å². The summed E-state index contributed by atoms with van der Waals surface area (Å²) in [4.78, 5) is 22.2. The number of carbonyl (C=O) groups excluding carboxylic acids is 2. The lowest BCUT2D eigenvalue weighted by Crippen LogP contribution is -2.35. The first-order chi connectivity index (χ1) is 5.75. The van der Waals surface area contributed by atoms with Gasteiger partial charge in [-0.2, -0.15) is 0 Å². The van der Waals surface area contributed by atoms with Crippen LogP contribution < -0.4 is 0 Å². The third-order valence-corrected chi connectivity index (χ3v) is 2.48. The first-order valence-corrected chi connectivity index (χ1v) is 4.18. The topological polar surface area (TPSA) is 34.1 Å². The molecule has 0 bridgehead atoms. The number of Topliss-reactive ketones (excluding diaryl/α,β-unsaturated/α-hetero) is 1. The summed E-state index contributed by atoms with van der Waals surface area (Å²) in [6.45, 7) is 0. The van der Waals surface area contributed by atoms with Gasteiger partial charge in [0.15, 0.2) is 0 Å². The van der Waals surface area contributed by atoms with E-state index in [0.717, 1.165) is 19.1 Å². The molecule has 0 saturated heterocycles. The van der Waals surface area contributed by atoms with E-state index in [-0.39, 0.29) is 12.2 Å². The Hall–Kier alpha value is -1.10. The molecule has 0 heterocycles. The number of aldehydes is 1. The molecule has 1 rings (SSSR count). The van der Waals surface area contributed by atoms with Crippen LogP contribution in [0, 0.1) is 17.8 Å². The second-order valence-corrected chi connectivity index (χ2v) is 3.29. The Kier molecular flexibility index (Phi) is 2.65. The van der Waals surface area contributed by atoms with Gasteiger partial charge >= 0.3 is 0 Å². The van der Waals surface area contributed by atoms with Crippen LogP contribution in [0.1, 0.15) is 32.1 Å². The summed E-state index contributed by atoms with van der Waals surface area (Å²) in [5.74, 6) is 2.44. The van der Waals surface area contributed by atoms with E-state index in [1.807, 2.05) is 0 Å². The Balaban J connectivity index is 2.82. The van der Waals surface area contributed by atoms with Gasteiger partial charge < -0.3 is 4.79 Å². The van der Waals surface area contributed by atoms with Crippen LogP contribution in [0.25, 0.3) is 0 Å². The van der Waals surface area contributed by atoms with E-state index >= 15 is 0 Å². The lowest BCUT2D eigenvalue weighted by molar-refractivity contribution is -0.136. The maximum Gasteiger partial charge on any atom is 0.147 e. The van der Waals surface area contributed by atoms with E-state index < -0.39 is 5.41 Å². The van der Waals surface area contributed by atoms with Gasteiger partial charge in [-0.25, -0.2) is 0 Å². The second-order valence-electron chi connectivity index (χ2n) is 3.29. The van der Waals surface area contributed by atoms with E-state index in [4.69, 9.17) is 6.42 Å². The zero-order valence-electron chi connectivity index (χ0n) is 7.01. The summed E-state index contributed by atoms with van der Waals surface area (Å²) >= 11 is 0. The monoisotopic (exact) mass is 164 g/mol. The summed E-state index contributed by atoms with van der Waals surface area (Å²) in [6.07, 6.45) is 9.13. The number of hydrogen-bond acceptors (Lipinski definition) is 2. The molecule has 1 fully saturated rings. The van der Waals surface area contributed by atoms with Crippen LogP contribution in [0.5, 0.6) is 0 Å². The molecule has 64 valence electrons. The summed E-state index contributed by atoms with van der Waals surface area (Å²) in [5.41, 5.74) is -0.826. The first kappa shape index (κ1) is 8.99. The van der Waals surface area contributed by atoms with Crippen LogP contribution in [0.15, 0.2) is 0 Å². The molecular formula is C10H12O2. The van der Waals surface area contributed by atoms with Gasteiger partial charge in [0.2, 0.25) is 0 Å². The van der Waals surface area contributed by atoms with Crippen molar-refractivity contribution in [2.75, 3.05) is 0 Å². The Morgan fingerprint density at radius 2 is 2.33 bits per heavy atom. The molecule has 0 radical (unpaired) electrons. The predicted octanol–water partition coefficient (Wildman–Crippen LogP) is 1.34. The van der Waals surface area contributed by atoms with Gasteiger partial charge in [0, 0.05) is 12.8 Å². The molecule has 1 aliphatic carbocycles. The maximum absolute atomic E-state index is 11.4. The Labute approximate surface area is 72.3 Å². The van der Waals surface area contributed by atoms with Gasteiger partial charge in [-0.1, -0.05) is 6.42 Å². The minimum absolute atomic E-state index is 0.0294. The van der Waals surface area contributed by atoms with Crippen molar-refractivity contribution in [1.82, 2.24) is 0 Å². The number of ketones is 1. The zero-order valence-corrected chi connectivity index (χ0v) is 7.01. The third-order valence-electron chi connectivity index (χ3n) is 2.48. The van der Waals surface area contributed by atoms with Crippen LogP contribution >= 0.6 is 0 Å². The zero-order chi connectivity index (χ0) is 9.03. The van der Waals surface area contributed by atoms with Gasteiger partial charge in [-0.05, 0) is 12.8 Å². The number of rotatable bonds is 2. The van der Waals surface area contributed by atoms with Gasteiger partial charge in [0.05, 0.1) is 5.41 Å². The fourth-order valence-electron chi connectivity index (χ4n) is 1.65. The van der Waals surface area contributed by atoms with E-state index in [1.54, 1.807) is 0 Å². The van der Waals surface area contributed by atoms with Crippen LogP contribution in [-0.2, 0) is 9.59 Å². The summed E-state index contributed by atoms with van der Waals surface area (Å²) in [6, 6.07) is 0. The Bertz CT molecular complexity index is 237. The van der Waals surface area contributed by atoms with Crippen LogP contribution in [0.4, 0.5) is 0 Å². The molecule has 2 nitrogen and oxygen atoms in total. The molecule has 0 aromatic heterocycles. The standard InChI is InChI=1S/C10H12O2/c1-2-6-10(8-11)7-4-3-5-9(10)12/h1,8H,3-7H2. The highest BCUT2D eigenvalue weighted by Crippen LogP contribution is 2.33. The SMILES string of the molecule is C#CCC1(C=O)CCCCC1=O. The van der Waals surface area contributed by atoms with Crippen molar-refractivity contribution in [2.24, 2.45) is 5.41 Å². The average Bonchev–Trinajstić information content (AvgIpc) is 2.10. The number of carbonyl (C=O) groups is 2. The summed E-state index contributed by atoms with van der Waals surface area (Å²) in [7, 11) is 0. The first-order valence-electron chi connectivity index (χ1n) is 4.18. The molecule has 1 saturated carbocycles. The Morgan fingerprint density at radius 1 is 1.58 bits per heavy atom. The van der Waals surface area contributed by atoms with Gasteiger partial charge in [-0.3, -0.25) is 4.79 Å². The number of terminal acetylenes is 1. The van der Waals surface area contributed by atoms with Crippen molar-refractivity contribution >= 4 is 12.1 Å². The molecule has 1 unspecified atom stereocenters. The molecule has 1 atom stereocenters. The van der Waals surface area contributed by atoms with E-state index in [0.29, 0.717) is 12.8 Å². The lowest BCUT2D eigenvalue weighted by atomic mass is 9.72. The molecule has 1 aliphatic rings. The maximum atomic E-state index is 11.4. The highest BCUT2D eigenvalue weighted by Gasteiger charge is 2.38. The molecule has 0 spiro atoms. The fraction of sp³-hybridized carbons (Fsp3) is 0.600. The smallest absolute Gasteiger partial charge is 0.147 e. The minimum atomic E-state index is -0.826. The molecule has 2 heteroatoms. The van der Waals surface area contributed by atoms with E-state index in [1.165, 1.54) is 0 Å². The highest BCUT2D eigenvalue weighted by atomic mass is 16.1. The molecular weight excluding hydrogens is 152 g/mol. The van der Waals surface area contributed by atoms with Crippen LogP contribution in [0.2, 0.25) is 0 Å². The van der Waals surface area contributed by atoms with Crippen molar-refractivity contribution in [3.63, 3.8) is 0 Å².